The van der Waals surface area contributed by atoms with E-state index in [0.29, 0.717) is 35.4 Å². The number of hydrogen-bond acceptors (Lipinski definition) is 4. The fraction of sp³-hybridized carbons (Fsp3) is 0.190. The second-order valence-corrected chi connectivity index (χ2v) is 6.66. The first-order valence-corrected chi connectivity index (χ1v) is 9.19. The van der Waals surface area contributed by atoms with Gasteiger partial charge in [0.2, 0.25) is 5.91 Å². The summed E-state index contributed by atoms with van der Waals surface area (Å²) in [7, 11) is 0. The van der Waals surface area contributed by atoms with Crippen LogP contribution in [0.1, 0.15) is 6.42 Å². The van der Waals surface area contributed by atoms with Crippen LogP contribution in [-0.2, 0) is 4.79 Å². The number of amides is 1. The molecule has 0 bridgehead atoms. The summed E-state index contributed by atoms with van der Waals surface area (Å²) in [5.41, 5.74) is 1.42. The average Bonchev–Trinajstić information content (AvgIpc) is 2.91. The van der Waals surface area contributed by atoms with Gasteiger partial charge in [-0.05, 0) is 11.5 Å². The molecular weight excluding hydrogens is 364 g/mol. The molecule has 0 saturated carbocycles. The summed E-state index contributed by atoms with van der Waals surface area (Å²) < 4.78 is 11.3. The monoisotopic (exact) mass is 382 g/mol. The first-order valence-electron chi connectivity index (χ1n) is 8.81. The Morgan fingerprint density at radius 3 is 2.56 bits per heavy atom. The number of ether oxygens (including phenoxy) is 2. The standard InChI is InChI=1S/C21H19ClN2O3/c22-16-11-19-20(27-10-4-9-26-19)12-18(16)23-13-21(25)24-17-8-3-6-14-5-1-2-7-15(14)17/h1-3,5-8,11-12,23H,4,9-10,13H2,(H,24,25). The molecule has 3 aromatic rings. The number of nitrogens with one attached hydrogen (secondary N) is 2. The largest absolute Gasteiger partial charge is 0.490 e. The number of halogens is 1. The molecule has 0 atom stereocenters. The van der Waals surface area contributed by atoms with Gasteiger partial charge >= 0.3 is 0 Å². The van der Waals surface area contributed by atoms with E-state index < -0.39 is 0 Å². The lowest BCUT2D eigenvalue weighted by Gasteiger charge is -2.14. The van der Waals surface area contributed by atoms with Crippen molar-refractivity contribution < 1.29 is 14.3 Å². The highest BCUT2D eigenvalue weighted by atomic mass is 35.5. The number of carbonyl (C=O) groups excluding carboxylic acids is 1. The zero-order valence-electron chi connectivity index (χ0n) is 14.6. The Labute approximate surface area is 162 Å². The van der Waals surface area contributed by atoms with Crippen molar-refractivity contribution in [3.05, 3.63) is 59.6 Å². The summed E-state index contributed by atoms with van der Waals surface area (Å²) in [6.07, 6.45) is 0.822. The van der Waals surface area contributed by atoms with Gasteiger partial charge in [-0.2, -0.15) is 0 Å². The van der Waals surface area contributed by atoms with Crippen molar-refractivity contribution in [2.75, 3.05) is 30.4 Å². The van der Waals surface area contributed by atoms with E-state index in [0.717, 1.165) is 22.9 Å². The van der Waals surface area contributed by atoms with Crippen molar-refractivity contribution in [3.8, 4) is 11.5 Å². The van der Waals surface area contributed by atoms with E-state index in [1.165, 1.54) is 0 Å². The molecule has 5 nitrogen and oxygen atoms in total. The Kier molecular flexibility index (Phi) is 5.03. The van der Waals surface area contributed by atoms with Crippen molar-refractivity contribution in [2.24, 2.45) is 0 Å². The summed E-state index contributed by atoms with van der Waals surface area (Å²) >= 11 is 6.31. The van der Waals surface area contributed by atoms with E-state index in [1.807, 2.05) is 42.5 Å². The minimum atomic E-state index is -0.158. The number of benzene rings is 3. The summed E-state index contributed by atoms with van der Waals surface area (Å²) in [6.45, 7) is 1.28. The van der Waals surface area contributed by atoms with Crippen LogP contribution in [-0.4, -0.2) is 25.7 Å². The predicted molar refractivity (Wildman–Crippen MR) is 108 cm³/mol. The number of fused-ring (bicyclic) bond motifs is 2. The Morgan fingerprint density at radius 1 is 0.963 bits per heavy atom. The predicted octanol–water partition coefficient (Wildman–Crippen LogP) is 4.71. The maximum atomic E-state index is 12.4. The molecule has 1 aliphatic heterocycles. The number of rotatable bonds is 4. The summed E-state index contributed by atoms with van der Waals surface area (Å²) in [4.78, 5) is 12.4. The van der Waals surface area contributed by atoms with Crippen LogP contribution in [0.25, 0.3) is 10.8 Å². The van der Waals surface area contributed by atoms with Crippen LogP contribution in [0.2, 0.25) is 5.02 Å². The third-order valence-electron chi connectivity index (χ3n) is 4.34. The Balaban J connectivity index is 1.45. The molecule has 0 fully saturated rings. The Hall–Kier alpha value is -2.92. The third-order valence-corrected chi connectivity index (χ3v) is 4.65. The van der Waals surface area contributed by atoms with Gasteiger partial charge in [0.05, 0.1) is 30.5 Å². The minimum absolute atomic E-state index is 0.0859. The third kappa shape index (κ3) is 3.93. The molecule has 3 aromatic carbocycles. The van der Waals surface area contributed by atoms with E-state index in [9.17, 15) is 4.79 Å². The highest BCUT2D eigenvalue weighted by molar-refractivity contribution is 6.33. The topological polar surface area (TPSA) is 59.6 Å². The molecule has 0 unspecified atom stereocenters. The van der Waals surface area contributed by atoms with Gasteiger partial charge < -0.3 is 20.1 Å². The second kappa shape index (κ2) is 7.76. The van der Waals surface area contributed by atoms with Gasteiger partial charge in [-0.25, -0.2) is 0 Å². The molecule has 27 heavy (non-hydrogen) atoms. The molecular formula is C21H19ClN2O3. The molecule has 0 aliphatic carbocycles. The second-order valence-electron chi connectivity index (χ2n) is 6.26. The lowest BCUT2D eigenvalue weighted by atomic mass is 10.1. The molecule has 2 N–H and O–H groups in total. The van der Waals surface area contributed by atoms with E-state index in [1.54, 1.807) is 12.1 Å². The molecule has 6 heteroatoms. The maximum absolute atomic E-state index is 12.4. The molecule has 1 heterocycles. The maximum Gasteiger partial charge on any atom is 0.243 e. The van der Waals surface area contributed by atoms with Crippen molar-refractivity contribution in [1.29, 1.82) is 0 Å². The van der Waals surface area contributed by atoms with E-state index in [4.69, 9.17) is 21.1 Å². The molecule has 4 rings (SSSR count). The van der Waals surface area contributed by atoms with Gasteiger partial charge in [0.15, 0.2) is 11.5 Å². The normalized spacial score (nSPS) is 13.1. The van der Waals surface area contributed by atoms with Crippen molar-refractivity contribution >= 4 is 39.7 Å². The number of hydrogen-bond donors (Lipinski definition) is 2. The van der Waals surface area contributed by atoms with Crippen molar-refractivity contribution in [1.82, 2.24) is 0 Å². The minimum Gasteiger partial charge on any atom is -0.490 e. The first-order chi connectivity index (χ1) is 13.2. The molecule has 0 radical (unpaired) electrons. The van der Waals surface area contributed by atoms with Gasteiger partial charge in [0.25, 0.3) is 0 Å². The van der Waals surface area contributed by atoms with Gasteiger partial charge in [-0.3, -0.25) is 4.79 Å². The van der Waals surface area contributed by atoms with E-state index in [-0.39, 0.29) is 12.5 Å². The zero-order chi connectivity index (χ0) is 18.6. The smallest absolute Gasteiger partial charge is 0.243 e. The molecule has 1 aliphatic rings. The lowest BCUT2D eigenvalue weighted by molar-refractivity contribution is -0.114. The van der Waals surface area contributed by atoms with Gasteiger partial charge in [0.1, 0.15) is 0 Å². The van der Waals surface area contributed by atoms with Crippen molar-refractivity contribution in [2.45, 2.75) is 6.42 Å². The molecule has 0 saturated heterocycles. The molecule has 0 spiro atoms. The summed E-state index contributed by atoms with van der Waals surface area (Å²) in [6, 6.07) is 17.2. The van der Waals surface area contributed by atoms with Crippen LogP contribution in [0.15, 0.2) is 54.6 Å². The number of anilines is 2. The highest BCUT2D eigenvalue weighted by Crippen LogP contribution is 2.37. The van der Waals surface area contributed by atoms with E-state index >= 15 is 0 Å². The van der Waals surface area contributed by atoms with Crippen LogP contribution in [0.5, 0.6) is 11.5 Å². The van der Waals surface area contributed by atoms with Crippen LogP contribution in [0.4, 0.5) is 11.4 Å². The fourth-order valence-corrected chi connectivity index (χ4v) is 3.24. The van der Waals surface area contributed by atoms with Crippen LogP contribution in [0, 0.1) is 0 Å². The Morgan fingerprint density at radius 2 is 1.70 bits per heavy atom. The molecule has 138 valence electrons. The fourth-order valence-electron chi connectivity index (χ4n) is 3.02. The lowest BCUT2D eigenvalue weighted by Crippen LogP contribution is -2.22. The molecule has 1 amide bonds. The van der Waals surface area contributed by atoms with Gasteiger partial charge in [0, 0.05) is 29.6 Å². The van der Waals surface area contributed by atoms with Crippen LogP contribution >= 0.6 is 11.6 Å². The number of carbonyl (C=O) groups is 1. The van der Waals surface area contributed by atoms with Gasteiger partial charge in [-0.1, -0.05) is 48.0 Å². The quantitative estimate of drug-likeness (QED) is 0.686. The average molecular weight is 383 g/mol. The summed E-state index contributed by atoms with van der Waals surface area (Å²) in [5.74, 6) is 1.10. The van der Waals surface area contributed by atoms with E-state index in [2.05, 4.69) is 10.6 Å². The first kappa shape index (κ1) is 17.5. The van der Waals surface area contributed by atoms with Gasteiger partial charge in [-0.15, -0.1) is 0 Å². The molecule has 0 aromatic heterocycles. The Bertz CT molecular complexity index is 985. The zero-order valence-corrected chi connectivity index (χ0v) is 15.4. The van der Waals surface area contributed by atoms with Crippen LogP contribution < -0.4 is 20.1 Å². The van der Waals surface area contributed by atoms with Crippen LogP contribution in [0.3, 0.4) is 0 Å². The van der Waals surface area contributed by atoms with Crippen molar-refractivity contribution in [3.63, 3.8) is 0 Å². The summed E-state index contributed by atoms with van der Waals surface area (Å²) in [5, 5.41) is 8.58. The SMILES string of the molecule is O=C(CNc1cc2c(cc1Cl)OCCCO2)Nc1cccc2ccccc12. The highest BCUT2D eigenvalue weighted by Gasteiger charge is 2.15.